The molecular weight excluding hydrogens is 378 g/mol. The van der Waals surface area contributed by atoms with Crippen LogP contribution in [0.15, 0.2) is 42.0 Å². The highest BCUT2D eigenvalue weighted by Crippen LogP contribution is 2.50. The Morgan fingerprint density at radius 3 is 2.57 bits per heavy atom. The first-order valence-corrected chi connectivity index (χ1v) is 9.99. The molecule has 3 rings (SSSR count). The quantitative estimate of drug-likeness (QED) is 0.774. The van der Waals surface area contributed by atoms with Gasteiger partial charge in [0.2, 0.25) is 0 Å². The van der Waals surface area contributed by atoms with Crippen molar-refractivity contribution in [3.05, 3.63) is 47.5 Å². The lowest BCUT2D eigenvalue weighted by atomic mass is 9.55. The van der Waals surface area contributed by atoms with Crippen LogP contribution in [0.3, 0.4) is 0 Å². The molecule has 152 valence electrons. The molecule has 0 saturated heterocycles. The number of carbonyl (C=O) groups is 1. The molecular formula is C23H23N5O2. The van der Waals surface area contributed by atoms with Gasteiger partial charge in [0.1, 0.15) is 5.92 Å². The average molecular weight is 401 g/mol. The van der Waals surface area contributed by atoms with E-state index in [2.05, 4.69) is 18.2 Å². The first-order chi connectivity index (χ1) is 14.5. The van der Waals surface area contributed by atoms with Crippen molar-refractivity contribution in [1.29, 1.82) is 21.2 Å². The Labute approximate surface area is 176 Å². The lowest BCUT2D eigenvalue weighted by molar-refractivity contribution is 0.0923. The molecule has 1 saturated carbocycles. The van der Waals surface area contributed by atoms with Crippen molar-refractivity contribution in [1.82, 2.24) is 4.90 Å². The van der Waals surface area contributed by atoms with Crippen LogP contribution < -0.4 is 0 Å². The van der Waals surface area contributed by atoms with E-state index in [1.165, 1.54) is 4.90 Å². The Morgan fingerprint density at radius 1 is 1.27 bits per heavy atom. The number of aryl methyl sites for hydroxylation is 1. The van der Waals surface area contributed by atoms with Crippen molar-refractivity contribution in [3.8, 4) is 18.2 Å². The second-order valence-electron chi connectivity index (χ2n) is 7.55. The van der Waals surface area contributed by atoms with Gasteiger partial charge >= 0.3 is 6.09 Å². The normalized spacial score (nSPS) is 24.5. The third-order valence-corrected chi connectivity index (χ3v) is 6.08. The molecule has 0 aromatic heterocycles. The van der Waals surface area contributed by atoms with Gasteiger partial charge in [-0.3, -0.25) is 0 Å². The molecule has 1 aromatic carbocycles. The van der Waals surface area contributed by atoms with Gasteiger partial charge in [-0.2, -0.15) is 15.8 Å². The van der Waals surface area contributed by atoms with Crippen molar-refractivity contribution < 1.29 is 9.53 Å². The number of ether oxygens (including phenoxy) is 1. The molecule has 1 amide bonds. The average Bonchev–Trinajstić information content (AvgIpc) is 2.78. The highest BCUT2D eigenvalue weighted by Gasteiger charge is 2.57. The molecule has 1 heterocycles. The third-order valence-electron chi connectivity index (χ3n) is 6.08. The van der Waals surface area contributed by atoms with E-state index < -0.39 is 23.3 Å². The molecule has 7 nitrogen and oxygen atoms in total. The zero-order chi connectivity index (χ0) is 21.7. The number of nitriles is 3. The summed E-state index contributed by atoms with van der Waals surface area (Å²) < 4.78 is 5.13. The molecule has 1 fully saturated rings. The number of nitrogens with zero attached hydrogens (tertiary/aromatic N) is 4. The van der Waals surface area contributed by atoms with Crippen LogP contribution in [-0.4, -0.2) is 36.4 Å². The molecule has 7 heteroatoms. The summed E-state index contributed by atoms with van der Waals surface area (Å²) in [7, 11) is 0. The second-order valence-corrected chi connectivity index (χ2v) is 7.55. The fourth-order valence-electron chi connectivity index (χ4n) is 4.57. The number of rotatable bonds is 4. The Morgan fingerprint density at radius 2 is 1.97 bits per heavy atom. The largest absolute Gasteiger partial charge is 0.450 e. The summed E-state index contributed by atoms with van der Waals surface area (Å²) in [6, 6.07) is 16.0. The zero-order valence-corrected chi connectivity index (χ0v) is 16.8. The zero-order valence-electron chi connectivity index (χ0n) is 16.8. The van der Waals surface area contributed by atoms with Crippen LogP contribution in [0.25, 0.3) is 0 Å². The molecule has 1 unspecified atom stereocenters. The van der Waals surface area contributed by atoms with E-state index in [4.69, 9.17) is 10.1 Å². The van der Waals surface area contributed by atoms with Gasteiger partial charge in [-0.1, -0.05) is 36.4 Å². The first-order valence-electron chi connectivity index (χ1n) is 9.99. The molecule has 1 N–H and O–H groups in total. The Bertz CT molecular complexity index is 966. The topological polar surface area (TPSA) is 125 Å². The maximum Gasteiger partial charge on any atom is 0.410 e. The standard InChI is InChI=1S/C23H23N5O2/c1-2-30-22(29)28-11-10-17-18(12-24)21(27)23(14-25,15-26)20(19(17)13-28)9-8-16-6-4-3-5-7-16/h3-7,10,18-20,27H,2,8-9,11,13H2,1H3/t18?,19-,20+/m1/s1. The van der Waals surface area contributed by atoms with Crippen molar-refractivity contribution in [2.24, 2.45) is 23.2 Å². The van der Waals surface area contributed by atoms with E-state index >= 15 is 0 Å². The highest BCUT2D eigenvalue weighted by molar-refractivity contribution is 6.00. The molecule has 2 aliphatic rings. The van der Waals surface area contributed by atoms with Gasteiger partial charge in [-0.05, 0) is 30.9 Å². The fraction of sp³-hybridized carbons (Fsp3) is 0.435. The van der Waals surface area contributed by atoms with Gasteiger partial charge in [0.15, 0.2) is 5.41 Å². The number of fused-ring (bicyclic) bond motifs is 1. The molecule has 0 radical (unpaired) electrons. The van der Waals surface area contributed by atoms with Gasteiger partial charge in [0.05, 0.1) is 30.5 Å². The van der Waals surface area contributed by atoms with Crippen LogP contribution >= 0.6 is 0 Å². The van der Waals surface area contributed by atoms with Crippen LogP contribution in [0.5, 0.6) is 0 Å². The highest BCUT2D eigenvalue weighted by atomic mass is 16.6. The number of benzene rings is 1. The predicted molar refractivity (Wildman–Crippen MR) is 109 cm³/mol. The SMILES string of the molecule is CCOC(=O)N1CC=C2C(C#N)C(=N)C(C#N)(C#N)[C@@H](CCc3ccccc3)[C@@H]2C1. The van der Waals surface area contributed by atoms with Crippen LogP contribution in [0.4, 0.5) is 4.79 Å². The Balaban J connectivity index is 2.01. The van der Waals surface area contributed by atoms with Crippen LogP contribution in [0, 0.1) is 62.6 Å². The number of hydrogen-bond donors (Lipinski definition) is 1. The monoisotopic (exact) mass is 401 g/mol. The van der Waals surface area contributed by atoms with Crippen LogP contribution in [0.2, 0.25) is 0 Å². The summed E-state index contributed by atoms with van der Waals surface area (Å²) in [5, 5.41) is 38.3. The summed E-state index contributed by atoms with van der Waals surface area (Å²) in [5.41, 5.74) is -0.0447. The summed E-state index contributed by atoms with van der Waals surface area (Å²) in [6.45, 7) is 2.53. The smallest absolute Gasteiger partial charge is 0.410 e. The molecule has 1 aromatic rings. The Kier molecular flexibility index (Phi) is 6.19. The first kappa shape index (κ1) is 21.1. The molecule has 30 heavy (non-hydrogen) atoms. The van der Waals surface area contributed by atoms with Crippen LogP contribution in [-0.2, 0) is 11.2 Å². The van der Waals surface area contributed by atoms with Gasteiger partial charge < -0.3 is 15.0 Å². The van der Waals surface area contributed by atoms with Gasteiger partial charge in [-0.15, -0.1) is 0 Å². The predicted octanol–water partition coefficient (Wildman–Crippen LogP) is 3.46. The third kappa shape index (κ3) is 3.53. The van der Waals surface area contributed by atoms with Gasteiger partial charge in [-0.25, -0.2) is 4.79 Å². The number of nitrogens with one attached hydrogen (secondary N) is 1. The second kappa shape index (κ2) is 8.80. The van der Waals surface area contributed by atoms with E-state index in [0.29, 0.717) is 12.8 Å². The van der Waals surface area contributed by atoms with E-state index in [1.807, 2.05) is 30.3 Å². The fourth-order valence-corrected chi connectivity index (χ4v) is 4.57. The summed E-state index contributed by atoms with van der Waals surface area (Å²) in [5.74, 6) is -1.79. The lowest BCUT2D eigenvalue weighted by Crippen LogP contribution is -2.55. The summed E-state index contributed by atoms with van der Waals surface area (Å²) in [4.78, 5) is 13.8. The number of amides is 1. The molecule has 3 atom stereocenters. The molecule has 0 spiro atoms. The minimum Gasteiger partial charge on any atom is -0.450 e. The Hall–Kier alpha value is -3.63. The lowest BCUT2D eigenvalue weighted by Gasteiger charge is -2.47. The number of carbonyl (C=O) groups excluding carboxylic acids is 1. The van der Waals surface area contributed by atoms with E-state index in [-0.39, 0.29) is 31.3 Å². The van der Waals surface area contributed by atoms with Gasteiger partial charge in [0.25, 0.3) is 0 Å². The molecule has 1 aliphatic carbocycles. The van der Waals surface area contributed by atoms with E-state index in [0.717, 1.165) is 11.1 Å². The van der Waals surface area contributed by atoms with Crippen LogP contribution in [0.1, 0.15) is 18.9 Å². The minimum absolute atomic E-state index is 0.153. The summed E-state index contributed by atoms with van der Waals surface area (Å²) >= 11 is 0. The number of hydrogen-bond acceptors (Lipinski definition) is 6. The summed E-state index contributed by atoms with van der Waals surface area (Å²) in [6.07, 6.45) is 2.46. The maximum atomic E-state index is 12.3. The van der Waals surface area contributed by atoms with Crippen molar-refractivity contribution >= 4 is 11.8 Å². The van der Waals surface area contributed by atoms with E-state index in [1.54, 1.807) is 13.0 Å². The minimum atomic E-state index is -1.70. The maximum absolute atomic E-state index is 12.3. The van der Waals surface area contributed by atoms with Crippen molar-refractivity contribution in [2.75, 3.05) is 19.7 Å². The van der Waals surface area contributed by atoms with Crippen molar-refractivity contribution in [2.45, 2.75) is 19.8 Å². The van der Waals surface area contributed by atoms with E-state index in [9.17, 15) is 20.6 Å². The molecule has 1 aliphatic heterocycles. The van der Waals surface area contributed by atoms with Crippen molar-refractivity contribution in [3.63, 3.8) is 0 Å². The van der Waals surface area contributed by atoms with Gasteiger partial charge in [0, 0.05) is 24.9 Å². The molecule has 0 bridgehead atoms.